The number of rotatable bonds is 2. The summed E-state index contributed by atoms with van der Waals surface area (Å²) in [5, 5.41) is 0. The summed E-state index contributed by atoms with van der Waals surface area (Å²) in [6, 6.07) is 0. The minimum atomic E-state index is -3.43. The predicted molar refractivity (Wildman–Crippen MR) is 47.2 cm³/mol. The molecule has 0 aromatic carbocycles. The molecule has 0 aliphatic carbocycles. The Morgan fingerprint density at radius 1 is 1.38 bits per heavy atom. The van der Waals surface area contributed by atoms with Crippen LogP contribution in [0.1, 0.15) is 6.42 Å². The fraction of sp³-hybridized carbons (Fsp3) is 1.00. The quantitative estimate of drug-likeness (QED) is 0.638. The van der Waals surface area contributed by atoms with E-state index in [-0.39, 0.29) is 18.0 Å². The molecule has 0 radical (unpaired) electrons. The van der Waals surface area contributed by atoms with Crippen molar-refractivity contribution in [3.63, 3.8) is 0 Å². The number of halogens is 1. The largest absolute Gasteiger partial charge is 0.378 e. The maximum atomic E-state index is 10.8. The molecule has 0 aromatic heterocycles. The van der Waals surface area contributed by atoms with Crippen molar-refractivity contribution in [3.05, 3.63) is 0 Å². The van der Waals surface area contributed by atoms with Crippen LogP contribution >= 0.6 is 10.7 Å². The highest BCUT2D eigenvalue weighted by Gasteiger charge is 2.40. The van der Waals surface area contributed by atoms with Crippen LogP contribution in [0.25, 0.3) is 0 Å². The first kappa shape index (κ1) is 9.71. The van der Waals surface area contributed by atoms with E-state index in [1.165, 1.54) is 0 Å². The molecule has 13 heavy (non-hydrogen) atoms. The molecule has 4 nitrogen and oxygen atoms in total. The molecule has 3 atom stereocenters. The Hall–Kier alpha value is 0.160. The third-order valence-corrected chi connectivity index (χ3v) is 3.61. The first-order chi connectivity index (χ1) is 6.04. The number of fused-ring (bicyclic) bond motifs is 1. The van der Waals surface area contributed by atoms with E-state index in [0.29, 0.717) is 19.1 Å². The van der Waals surface area contributed by atoms with Crippen molar-refractivity contribution in [3.8, 4) is 0 Å². The van der Waals surface area contributed by atoms with Gasteiger partial charge in [0, 0.05) is 16.6 Å². The smallest absolute Gasteiger partial charge is 0.235 e. The third kappa shape index (κ3) is 2.34. The summed E-state index contributed by atoms with van der Waals surface area (Å²) < 4.78 is 32.2. The van der Waals surface area contributed by atoms with Gasteiger partial charge in [0.15, 0.2) is 0 Å². The van der Waals surface area contributed by atoms with Crippen molar-refractivity contribution in [1.82, 2.24) is 0 Å². The molecule has 6 heteroatoms. The van der Waals surface area contributed by atoms with Gasteiger partial charge < -0.3 is 9.47 Å². The Balaban J connectivity index is 1.92. The molecule has 2 heterocycles. The van der Waals surface area contributed by atoms with Gasteiger partial charge in [-0.3, -0.25) is 0 Å². The van der Waals surface area contributed by atoms with Crippen molar-refractivity contribution in [1.29, 1.82) is 0 Å². The van der Waals surface area contributed by atoms with Gasteiger partial charge in [-0.1, -0.05) is 0 Å². The summed E-state index contributed by atoms with van der Waals surface area (Å²) in [5.74, 6) is 0.282. The number of ether oxygens (including phenoxy) is 2. The maximum Gasteiger partial charge on any atom is 0.235 e. The van der Waals surface area contributed by atoms with Gasteiger partial charge >= 0.3 is 0 Å². The molecule has 0 amide bonds. The Morgan fingerprint density at radius 2 is 2.15 bits per heavy atom. The highest BCUT2D eigenvalue weighted by molar-refractivity contribution is 8.13. The van der Waals surface area contributed by atoms with E-state index in [2.05, 4.69) is 0 Å². The Kier molecular flexibility index (Phi) is 2.53. The highest BCUT2D eigenvalue weighted by atomic mass is 35.7. The Labute approximate surface area is 81.6 Å². The summed E-state index contributed by atoms with van der Waals surface area (Å²) in [6.45, 7) is 1.27. The van der Waals surface area contributed by atoms with Gasteiger partial charge in [-0.2, -0.15) is 0 Å². The number of hydrogen-bond donors (Lipinski definition) is 0. The lowest BCUT2D eigenvalue weighted by molar-refractivity contribution is 0.0301. The average Bonchev–Trinajstić information content (AvgIpc) is 2.40. The first-order valence-electron chi connectivity index (χ1n) is 4.20. The SMILES string of the molecule is O=S(=O)(Cl)C[C@@H]1C[C@H]2COC[C@H]2O1. The molecular formula is C7H11ClO4S. The zero-order valence-corrected chi connectivity index (χ0v) is 8.55. The molecule has 0 saturated carbocycles. The molecule has 0 spiro atoms. The fourth-order valence-electron chi connectivity index (χ4n) is 1.92. The van der Waals surface area contributed by atoms with Crippen LogP contribution in [0.3, 0.4) is 0 Å². The molecular weight excluding hydrogens is 216 g/mol. The average molecular weight is 227 g/mol. The Bertz CT molecular complexity index is 277. The molecule has 2 aliphatic rings. The summed E-state index contributed by atoms with van der Waals surface area (Å²) in [5.41, 5.74) is 0. The van der Waals surface area contributed by atoms with Gasteiger partial charge in [-0.25, -0.2) is 8.42 Å². The minimum absolute atomic E-state index is 0.0818. The third-order valence-electron chi connectivity index (χ3n) is 2.46. The lowest BCUT2D eigenvalue weighted by atomic mass is 10.0. The van der Waals surface area contributed by atoms with Gasteiger partial charge in [0.05, 0.1) is 31.2 Å². The lowest BCUT2D eigenvalue weighted by Gasteiger charge is -2.09. The van der Waals surface area contributed by atoms with E-state index < -0.39 is 9.05 Å². The van der Waals surface area contributed by atoms with E-state index >= 15 is 0 Å². The standard InChI is InChI=1S/C7H11ClO4S/c8-13(9,10)4-6-1-5-2-11-3-7(5)12-6/h5-7H,1-4H2/t5-,6-,7+/m0/s1. The van der Waals surface area contributed by atoms with Crippen molar-refractivity contribution < 1.29 is 17.9 Å². The van der Waals surface area contributed by atoms with E-state index in [1.54, 1.807) is 0 Å². The van der Waals surface area contributed by atoms with Crippen LogP contribution < -0.4 is 0 Å². The van der Waals surface area contributed by atoms with Crippen LogP contribution in [0.2, 0.25) is 0 Å². The zero-order valence-electron chi connectivity index (χ0n) is 6.98. The van der Waals surface area contributed by atoms with E-state index in [9.17, 15) is 8.42 Å². The molecule has 0 bridgehead atoms. The minimum Gasteiger partial charge on any atom is -0.378 e. The fourth-order valence-corrected chi connectivity index (χ4v) is 3.00. The van der Waals surface area contributed by atoms with Crippen LogP contribution in [-0.4, -0.2) is 39.6 Å². The van der Waals surface area contributed by atoms with Crippen molar-refractivity contribution in [2.75, 3.05) is 19.0 Å². The zero-order chi connectivity index (χ0) is 9.47. The van der Waals surface area contributed by atoms with Crippen molar-refractivity contribution >= 4 is 19.7 Å². The van der Waals surface area contributed by atoms with Crippen molar-refractivity contribution in [2.24, 2.45) is 5.92 Å². The highest BCUT2D eigenvalue weighted by Crippen LogP contribution is 2.32. The maximum absolute atomic E-state index is 10.8. The van der Waals surface area contributed by atoms with Crippen LogP contribution in [-0.2, 0) is 18.5 Å². The summed E-state index contributed by atoms with van der Waals surface area (Å²) in [7, 11) is 1.70. The van der Waals surface area contributed by atoms with E-state index in [1.807, 2.05) is 0 Å². The summed E-state index contributed by atoms with van der Waals surface area (Å²) >= 11 is 0. The van der Waals surface area contributed by atoms with E-state index in [0.717, 1.165) is 6.42 Å². The molecule has 2 rings (SSSR count). The van der Waals surface area contributed by atoms with E-state index in [4.69, 9.17) is 20.2 Å². The van der Waals surface area contributed by atoms with Gasteiger partial charge in [0.2, 0.25) is 9.05 Å². The predicted octanol–water partition coefficient (Wildman–Crippen LogP) is 0.359. The molecule has 2 aliphatic heterocycles. The van der Waals surface area contributed by atoms with Crippen LogP contribution in [0.4, 0.5) is 0 Å². The second-order valence-corrected chi connectivity index (χ2v) is 6.36. The Morgan fingerprint density at radius 3 is 2.77 bits per heavy atom. The lowest BCUT2D eigenvalue weighted by Crippen LogP contribution is -2.20. The molecule has 2 fully saturated rings. The topological polar surface area (TPSA) is 52.6 Å². The molecule has 0 N–H and O–H groups in total. The van der Waals surface area contributed by atoms with Gasteiger partial charge in [0.1, 0.15) is 0 Å². The van der Waals surface area contributed by atoms with Crippen molar-refractivity contribution in [2.45, 2.75) is 18.6 Å². The second-order valence-electron chi connectivity index (χ2n) is 3.54. The first-order valence-corrected chi connectivity index (χ1v) is 6.68. The number of hydrogen-bond acceptors (Lipinski definition) is 4. The van der Waals surface area contributed by atoms with Crippen LogP contribution in [0, 0.1) is 5.92 Å². The normalized spacial score (nSPS) is 39.3. The van der Waals surface area contributed by atoms with Gasteiger partial charge in [-0.05, 0) is 6.42 Å². The summed E-state index contributed by atoms with van der Waals surface area (Å²) in [4.78, 5) is 0. The molecule has 76 valence electrons. The second kappa shape index (κ2) is 3.38. The van der Waals surface area contributed by atoms with Gasteiger partial charge in [-0.15, -0.1) is 0 Å². The molecule has 0 aromatic rings. The van der Waals surface area contributed by atoms with Gasteiger partial charge in [0.25, 0.3) is 0 Å². The summed E-state index contributed by atoms with van der Waals surface area (Å²) in [6.07, 6.45) is 0.598. The molecule has 0 unspecified atom stereocenters. The monoisotopic (exact) mass is 226 g/mol. The van der Waals surface area contributed by atoms with Crippen LogP contribution in [0.15, 0.2) is 0 Å². The van der Waals surface area contributed by atoms with Crippen LogP contribution in [0.5, 0.6) is 0 Å². The molecule has 2 saturated heterocycles.